The van der Waals surface area contributed by atoms with Gasteiger partial charge in [0.2, 0.25) is 12.0 Å². The van der Waals surface area contributed by atoms with Gasteiger partial charge in [0.25, 0.3) is 0 Å². The monoisotopic (exact) mass is 232 g/mol. The Balaban J connectivity index is 2.25. The zero-order valence-corrected chi connectivity index (χ0v) is 9.38. The van der Waals surface area contributed by atoms with Gasteiger partial charge in [-0.3, -0.25) is 0 Å². The topological polar surface area (TPSA) is 75.4 Å². The number of aliphatic imine (C=N–C) groups is 3. The van der Waals surface area contributed by atoms with E-state index in [-0.39, 0.29) is 0 Å². The van der Waals surface area contributed by atoms with Crippen LogP contribution >= 0.6 is 0 Å². The molecular formula is C11H12N4O2. The first-order chi connectivity index (χ1) is 8.33. The van der Waals surface area contributed by atoms with Gasteiger partial charge in [0.15, 0.2) is 0 Å². The molecule has 0 amide bonds. The lowest BCUT2D eigenvalue weighted by molar-refractivity contribution is 0.304. The van der Waals surface area contributed by atoms with Gasteiger partial charge in [0.1, 0.15) is 11.8 Å². The Bertz CT molecular complexity index is 470. The van der Waals surface area contributed by atoms with Crippen molar-refractivity contribution in [2.75, 3.05) is 20.2 Å². The number of carbonyl (C=O) groups excluding carboxylic acids is 1. The highest BCUT2D eigenvalue weighted by Crippen LogP contribution is 2.12. The van der Waals surface area contributed by atoms with E-state index in [4.69, 9.17) is 4.74 Å². The predicted octanol–water partition coefficient (Wildman–Crippen LogP) is 0.191. The van der Waals surface area contributed by atoms with E-state index in [9.17, 15) is 4.79 Å². The molecular weight excluding hydrogens is 220 g/mol. The lowest BCUT2D eigenvalue weighted by atomic mass is 10.1. The third-order valence-corrected chi connectivity index (χ3v) is 2.36. The zero-order valence-electron chi connectivity index (χ0n) is 9.38. The maximum absolute atomic E-state index is 10.4. The second-order valence-electron chi connectivity index (χ2n) is 3.44. The van der Waals surface area contributed by atoms with Crippen LogP contribution in [0.3, 0.4) is 0 Å². The van der Waals surface area contributed by atoms with Crippen LogP contribution < -0.4 is 5.32 Å². The zero-order chi connectivity index (χ0) is 12.1. The quantitative estimate of drug-likeness (QED) is 0.545. The fourth-order valence-corrected chi connectivity index (χ4v) is 1.54. The summed E-state index contributed by atoms with van der Waals surface area (Å²) in [6.07, 6.45) is 6.77. The van der Waals surface area contributed by atoms with E-state index in [1.165, 1.54) is 6.08 Å². The van der Waals surface area contributed by atoms with Crippen LogP contribution in [0.25, 0.3) is 0 Å². The highest BCUT2D eigenvalue weighted by atomic mass is 16.5. The summed E-state index contributed by atoms with van der Waals surface area (Å²) >= 11 is 0. The van der Waals surface area contributed by atoms with Crippen molar-refractivity contribution in [2.45, 2.75) is 6.04 Å². The summed E-state index contributed by atoms with van der Waals surface area (Å²) in [5, 5.41) is 3.03. The summed E-state index contributed by atoms with van der Waals surface area (Å²) in [6, 6.07) is -0.461. The molecule has 1 aliphatic carbocycles. The molecule has 1 aliphatic heterocycles. The number of isocyanates is 1. The Morgan fingerprint density at radius 2 is 2.47 bits per heavy atom. The van der Waals surface area contributed by atoms with Crippen LogP contribution in [-0.2, 0) is 9.53 Å². The number of nitrogens with zero attached hydrogens (tertiary/aromatic N) is 3. The van der Waals surface area contributed by atoms with E-state index in [2.05, 4.69) is 20.3 Å². The molecule has 6 nitrogen and oxygen atoms in total. The van der Waals surface area contributed by atoms with Crippen LogP contribution in [0, 0.1) is 0 Å². The molecule has 2 aliphatic rings. The van der Waals surface area contributed by atoms with Crippen LogP contribution in [0.4, 0.5) is 0 Å². The third-order valence-electron chi connectivity index (χ3n) is 2.36. The van der Waals surface area contributed by atoms with Crippen molar-refractivity contribution < 1.29 is 9.53 Å². The minimum atomic E-state index is -0.461. The van der Waals surface area contributed by atoms with Gasteiger partial charge >= 0.3 is 0 Å². The first kappa shape index (κ1) is 11.3. The van der Waals surface area contributed by atoms with Crippen LogP contribution in [0.5, 0.6) is 0 Å². The number of rotatable bonds is 2. The SMILES string of the molecule is COC1=CC(N=C=O)/C(=N/C2=NCCN2)C=C1. The molecule has 0 aromatic heterocycles. The van der Waals surface area contributed by atoms with Crippen molar-refractivity contribution in [3.63, 3.8) is 0 Å². The van der Waals surface area contributed by atoms with E-state index in [1.54, 1.807) is 25.3 Å². The summed E-state index contributed by atoms with van der Waals surface area (Å²) in [5.74, 6) is 1.22. The van der Waals surface area contributed by atoms with Gasteiger partial charge in [-0.1, -0.05) is 0 Å². The third kappa shape index (κ3) is 2.68. The highest BCUT2D eigenvalue weighted by molar-refractivity contribution is 6.08. The van der Waals surface area contributed by atoms with Crippen LogP contribution in [0.1, 0.15) is 0 Å². The molecule has 1 N–H and O–H groups in total. The Labute approximate surface area is 98.5 Å². The molecule has 0 radical (unpaired) electrons. The lowest BCUT2D eigenvalue weighted by Gasteiger charge is -2.13. The minimum absolute atomic E-state index is 0.461. The molecule has 0 saturated carbocycles. The second kappa shape index (κ2) is 5.23. The summed E-state index contributed by atoms with van der Waals surface area (Å²) in [6.45, 7) is 1.51. The lowest BCUT2D eigenvalue weighted by Crippen LogP contribution is -2.23. The van der Waals surface area contributed by atoms with E-state index >= 15 is 0 Å². The Morgan fingerprint density at radius 1 is 1.59 bits per heavy atom. The van der Waals surface area contributed by atoms with E-state index < -0.39 is 6.04 Å². The van der Waals surface area contributed by atoms with Crippen LogP contribution in [0.2, 0.25) is 0 Å². The molecule has 17 heavy (non-hydrogen) atoms. The normalized spacial score (nSPS) is 24.8. The number of nitrogens with one attached hydrogen (secondary N) is 1. The summed E-state index contributed by atoms with van der Waals surface area (Å²) in [7, 11) is 1.56. The van der Waals surface area contributed by atoms with E-state index in [1.807, 2.05) is 0 Å². The Hall–Kier alpha value is -2.20. The van der Waals surface area contributed by atoms with Crippen LogP contribution in [0.15, 0.2) is 39.0 Å². The summed E-state index contributed by atoms with van der Waals surface area (Å²) < 4.78 is 5.07. The van der Waals surface area contributed by atoms with Gasteiger partial charge in [-0.15, -0.1) is 0 Å². The maximum Gasteiger partial charge on any atom is 0.235 e. The predicted molar refractivity (Wildman–Crippen MR) is 63.9 cm³/mol. The van der Waals surface area contributed by atoms with Crippen molar-refractivity contribution in [1.29, 1.82) is 0 Å². The van der Waals surface area contributed by atoms with E-state index in [0.29, 0.717) is 17.4 Å². The first-order valence-electron chi connectivity index (χ1n) is 5.21. The number of allylic oxidation sites excluding steroid dienone is 1. The summed E-state index contributed by atoms with van der Waals surface area (Å²) in [4.78, 5) is 22.5. The molecule has 0 fully saturated rings. The molecule has 1 unspecified atom stereocenters. The number of ether oxygens (including phenoxy) is 1. The van der Waals surface area contributed by atoms with Gasteiger partial charge in [-0.2, -0.15) is 4.99 Å². The van der Waals surface area contributed by atoms with Gasteiger partial charge < -0.3 is 10.1 Å². The fraction of sp³-hybridized carbons (Fsp3) is 0.364. The van der Waals surface area contributed by atoms with Gasteiger partial charge in [0.05, 0.1) is 19.4 Å². The molecule has 88 valence electrons. The molecule has 0 aromatic carbocycles. The average Bonchev–Trinajstić information content (AvgIpc) is 2.84. The molecule has 2 rings (SSSR count). The van der Waals surface area contributed by atoms with Gasteiger partial charge in [0, 0.05) is 6.54 Å². The van der Waals surface area contributed by atoms with Crippen molar-refractivity contribution in [1.82, 2.24) is 5.32 Å². The summed E-state index contributed by atoms with van der Waals surface area (Å²) in [5.41, 5.74) is 0.641. The smallest absolute Gasteiger partial charge is 0.235 e. The molecule has 6 heteroatoms. The molecule has 0 spiro atoms. The maximum atomic E-state index is 10.4. The van der Waals surface area contributed by atoms with Crippen molar-refractivity contribution in [2.24, 2.45) is 15.0 Å². The number of guanidine groups is 1. The first-order valence-corrected chi connectivity index (χ1v) is 5.21. The van der Waals surface area contributed by atoms with Crippen molar-refractivity contribution in [3.05, 3.63) is 24.0 Å². The average molecular weight is 232 g/mol. The fourth-order valence-electron chi connectivity index (χ4n) is 1.54. The molecule has 0 bridgehead atoms. The molecule has 1 heterocycles. The largest absolute Gasteiger partial charge is 0.497 e. The standard InChI is InChI=1S/C11H12N4O2/c1-17-8-2-3-9(10(6-8)14-7-16)15-11-12-4-5-13-11/h2-3,6,10H,4-5H2,1H3,(H,12,13)/b15-9+. The number of hydrogen-bond acceptors (Lipinski definition) is 6. The molecule has 0 saturated heterocycles. The van der Waals surface area contributed by atoms with Gasteiger partial charge in [-0.25, -0.2) is 14.8 Å². The minimum Gasteiger partial charge on any atom is -0.497 e. The number of hydrogen-bond donors (Lipinski definition) is 1. The second-order valence-corrected chi connectivity index (χ2v) is 3.44. The van der Waals surface area contributed by atoms with E-state index in [0.717, 1.165) is 13.1 Å². The number of methoxy groups -OCH3 is 1. The van der Waals surface area contributed by atoms with Crippen molar-refractivity contribution in [3.8, 4) is 0 Å². The Morgan fingerprint density at radius 3 is 3.12 bits per heavy atom. The highest BCUT2D eigenvalue weighted by Gasteiger charge is 2.17. The van der Waals surface area contributed by atoms with Gasteiger partial charge in [-0.05, 0) is 18.2 Å². The molecule has 1 atom stereocenters. The molecule has 0 aromatic rings. The van der Waals surface area contributed by atoms with Crippen molar-refractivity contribution >= 4 is 17.8 Å². The Kier molecular flexibility index (Phi) is 3.47. The van der Waals surface area contributed by atoms with Crippen LogP contribution in [-0.4, -0.2) is 44.0 Å².